The molecule has 18 heavy (non-hydrogen) atoms. The molecular formula is C15H15NO2. The monoisotopic (exact) mass is 241 g/mol. The van der Waals surface area contributed by atoms with Crippen molar-refractivity contribution in [3.05, 3.63) is 59.2 Å². The largest absolute Gasteiger partial charge is 0.497 e. The minimum absolute atomic E-state index is 0.0879. The Balaban J connectivity index is 2.44. The second-order valence-electron chi connectivity index (χ2n) is 4.15. The summed E-state index contributed by atoms with van der Waals surface area (Å²) >= 11 is 0. The standard InChI is InChI=1S/C15H15NO2/c1-10-6-7-14(16)13(8-10)15(17)11-4-3-5-12(9-11)18-2/h3-9H,16H2,1-2H3. The van der Waals surface area contributed by atoms with Gasteiger partial charge in [0, 0.05) is 16.8 Å². The van der Waals surface area contributed by atoms with E-state index in [2.05, 4.69) is 0 Å². The van der Waals surface area contributed by atoms with Crippen LogP contribution in [-0.4, -0.2) is 12.9 Å². The predicted molar refractivity (Wildman–Crippen MR) is 72.0 cm³/mol. The number of carbonyl (C=O) groups is 1. The van der Waals surface area contributed by atoms with Crippen molar-refractivity contribution in [2.45, 2.75) is 6.92 Å². The number of nitrogen functional groups attached to an aromatic ring is 1. The molecule has 0 fully saturated rings. The molecule has 92 valence electrons. The molecule has 3 nitrogen and oxygen atoms in total. The fraction of sp³-hybridized carbons (Fsp3) is 0.133. The molecule has 2 rings (SSSR count). The Labute approximate surface area is 106 Å². The first-order valence-corrected chi connectivity index (χ1v) is 5.66. The van der Waals surface area contributed by atoms with Gasteiger partial charge in [-0.1, -0.05) is 23.8 Å². The van der Waals surface area contributed by atoms with Gasteiger partial charge in [0.25, 0.3) is 0 Å². The van der Waals surface area contributed by atoms with Crippen LogP contribution in [0.5, 0.6) is 5.75 Å². The first kappa shape index (κ1) is 12.2. The minimum Gasteiger partial charge on any atom is -0.497 e. The maximum atomic E-state index is 12.4. The van der Waals surface area contributed by atoms with Gasteiger partial charge < -0.3 is 10.5 Å². The fourth-order valence-corrected chi connectivity index (χ4v) is 1.79. The van der Waals surface area contributed by atoms with Gasteiger partial charge in [-0.2, -0.15) is 0 Å². The van der Waals surface area contributed by atoms with Crippen LogP contribution < -0.4 is 10.5 Å². The van der Waals surface area contributed by atoms with E-state index in [0.29, 0.717) is 22.6 Å². The van der Waals surface area contributed by atoms with Gasteiger partial charge in [-0.25, -0.2) is 0 Å². The van der Waals surface area contributed by atoms with Crippen LogP contribution in [0.25, 0.3) is 0 Å². The number of ether oxygens (including phenoxy) is 1. The first-order chi connectivity index (χ1) is 8.61. The van der Waals surface area contributed by atoms with Crippen molar-refractivity contribution < 1.29 is 9.53 Å². The van der Waals surface area contributed by atoms with Gasteiger partial charge in [-0.3, -0.25) is 4.79 Å². The summed E-state index contributed by atoms with van der Waals surface area (Å²) in [6.45, 7) is 1.93. The maximum absolute atomic E-state index is 12.4. The maximum Gasteiger partial charge on any atom is 0.195 e. The molecule has 0 aliphatic carbocycles. The quantitative estimate of drug-likeness (QED) is 0.664. The molecule has 0 saturated carbocycles. The van der Waals surface area contributed by atoms with Gasteiger partial charge in [0.15, 0.2) is 5.78 Å². The third-order valence-electron chi connectivity index (χ3n) is 2.79. The van der Waals surface area contributed by atoms with Gasteiger partial charge >= 0.3 is 0 Å². The average molecular weight is 241 g/mol. The zero-order valence-electron chi connectivity index (χ0n) is 10.4. The second-order valence-corrected chi connectivity index (χ2v) is 4.15. The molecule has 0 amide bonds. The van der Waals surface area contributed by atoms with E-state index in [1.165, 1.54) is 0 Å². The van der Waals surface area contributed by atoms with Crippen molar-refractivity contribution in [3.8, 4) is 5.75 Å². The van der Waals surface area contributed by atoms with E-state index in [-0.39, 0.29) is 5.78 Å². The third-order valence-corrected chi connectivity index (χ3v) is 2.79. The summed E-state index contributed by atoms with van der Waals surface area (Å²) in [5, 5.41) is 0. The van der Waals surface area contributed by atoms with Crippen molar-refractivity contribution in [2.24, 2.45) is 0 Å². The molecule has 0 heterocycles. The van der Waals surface area contributed by atoms with E-state index >= 15 is 0 Å². The SMILES string of the molecule is COc1cccc(C(=O)c2cc(C)ccc2N)c1. The van der Waals surface area contributed by atoms with Gasteiger partial charge in [0.1, 0.15) is 5.75 Å². The Hall–Kier alpha value is -2.29. The molecule has 3 heteroatoms. The van der Waals surface area contributed by atoms with Crippen LogP contribution in [0.15, 0.2) is 42.5 Å². The number of hydrogen-bond donors (Lipinski definition) is 1. The molecule has 2 aromatic carbocycles. The van der Waals surface area contributed by atoms with E-state index in [9.17, 15) is 4.79 Å². The van der Waals surface area contributed by atoms with Crippen molar-refractivity contribution >= 4 is 11.5 Å². The lowest BCUT2D eigenvalue weighted by atomic mass is 10.00. The molecule has 2 aromatic rings. The summed E-state index contributed by atoms with van der Waals surface area (Å²) in [4.78, 5) is 12.4. The van der Waals surface area contributed by atoms with Crippen LogP contribution >= 0.6 is 0 Å². The number of rotatable bonds is 3. The zero-order valence-corrected chi connectivity index (χ0v) is 10.4. The highest BCUT2D eigenvalue weighted by Crippen LogP contribution is 2.20. The number of methoxy groups -OCH3 is 1. The number of anilines is 1. The summed E-state index contributed by atoms with van der Waals surface area (Å²) in [5.41, 5.74) is 8.46. The number of benzene rings is 2. The Kier molecular flexibility index (Phi) is 3.33. The second kappa shape index (κ2) is 4.92. The normalized spacial score (nSPS) is 10.1. The lowest BCUT2D eigenvalue weighted by Crippen LogP contribution is -2.06. The van der Waals surface area contributed by atoms with Crippen molar-refractivity contribution in [1.82, 2.24) is 0 Å². The lowest BCUT2D eigenvalue weighted by Gasteiger charge is -2.07. The Bertz CT molecular complexity index is 591. The first-order valence-electron chi connectivity index (χ1n) is 5.66. The van der Waals surface area contributed by atoms with Gasteiger partial charge in [0.2, 0.25) is 0 Å². The number of ketones is 1. The van der Waals surface area contributed by atoms with E-state index < -0.39 is 0 Å². The Morgan fingerprint density at radius 2 is 1.94 bits per heavy atom. The molecule has 2 N–H and O–H groups in total. The highest BCUT2D eigenvalue weighted by Gasteiger charge is 2.13. The van der Waals surface area contributed by atoms with Crippen LogP contribution in [0, 0.1) is 6.92 Å². The van der Waals surface area contributed by atoms with E-state index in [1.807, 2.05) is 13.0 Å². The smallest absolute Gasteiger partial charge is 0.195 e. The van der Waals surface area contributed by atoms with E-state index in [4.69, 9.17) is 10.5 Å². The molecule has 0 aliphatic heterocycles. The Morgan fingerprint density at radius 1 is 1.17 bits per heavy atom. The molecule has 0 spiro atoms. The molecule has 0 radical (unpaired) electrons. The summed E-state index contributed by atoms with van der Waals surface area (Å²) in [7, 11) is 1.57. The van der Waals surface area contributed by atoms with Crippen molar-refractivity contribution in [3.63, 3.8) is 0 Å². The number of aryl methyl sites for hydroxylation is 1. The average Bonchev–Trinajstić information content (AvgIpc) is 2.41. The van der Waals surface area contributed by atoms with Crippen LogP contribution in [0.4, 0.5) is 5.69 Å². The summed E-state index contributed by atoms with van der Waals surface area (Å²) in [6.07, 6.45) is 0. The van der Waals surface area contributed by atoms with E-state index in [1.54, 1.807) is 43.5 Å². The third kappa shape index (κ3) is 2.35. The van der Waals surface area contributed by atoms with Crippen LogP contribution in [0.2, 0.25) is 0 Å². The highest BCUT2D eigenvalue weighted by molar-refractivity contribution is 6.12. The summed E-state index contributed by atoms with van der Waals surface area (Å²) in [5.74, 6) is 0.571. The fourth-order valence-electron chi connectivity index (χ4n) is 1.79. The zero-order chi connectivity index (χ0) is 13.1. The van der Waals surface area contributed by atoms with E-state index in [0.717, 1.165) is 5.56 Å². The number of hydrogen-bond acceptors (Lipinski definition) is 3. The van der Waals surface area contributed by atoms with Gasteiger partial charge in [0.05, 0.1) is 7.11 Å². The minimum atomic E-state index is -0.0879. The molecule has 0 aliphatic rings. The van der Waals surface area contributed by atoms with Crippen LogP contribution in [0.1, 0.15) is 21.5 Å². The summed E-state index contributed by atoms with van der Waals surface area (Å²) < 4.78 is 5.11. The Morgan fingerprint density at radius 3 is 2.67 bits per heavy atom. The molecule has 0 bridgehead atoms. The lowest BCUT2D eigenvalue weighted by molar-refractivity contribution is 0.103. The molecule has 0 atom stereocenters. The highest BCUT2D eigenvalue weighted by atomic mass is 16.5. The predicted octanol–water partition coefficient (Wildman–Crippen LogP) is 2.82. The topological polar surface area (TPSA) is 52.3 Å². The molecule has 0 saturated heterocycles. The van der Waals surface area contributed by atoms with Crippen LogP contribution in [-0.2, 0) is 0 Å². The van der Waals surface area contributed by atoms with Crippen LogP contribution in [0.3, 0.4) is 0 Å². The van der Waals surface area contributed by atoms with Crippen molar-refractivity contribution in [1.29, 1.82) is 0 Å². The molecule has 0 unspecified atom stereocenters. The number of nitrogens with two attached hydrogens (primary N) is 1. The molecular weight excluding hydrogens is 226 g/mol. The van der Waals surface area contributed by atoms with Gasteiger partial charge in [-0.15, -0.1) is 0 Å². The molecule has 0 aromatic heterocycles. The summed E-state index contributed by atoms with van der Waals surface area (Å²) in [6, 6.07) is 12.5. The van der Waals surface area contributed by atoms with Crippen molar-refractivity contribution in [2.75, 3.05) is 12.8 Å². The van der Waals surface area contributed by atoms with Gasteiger partial charge in [-0.05, 0) is 31.2 Å². The number of carbonyl (C=O) groups excluding carboxylic acids is 1.